The molecule has 0 fully saturated rings. The molecule has 0 aliphatic carbocycles. The number of rotatable bonds is 6. The lowest BCUT2D eigenvalue weighted by atomic mass is 10.1. The topological polar surface area (TPSA) is 84.5 Å². The molecule has 0 bridgehead atoms. The summed E-state index contributed by atoms with van der Waals surface area (Å²) in [5.74, 6) is 0.414. The maximum absolute atomic E-state index is 12.3. The van der Waals surface area contributed by atoms with Crippen LogP contribution in [-0.4, -0.2) is 26.0 Å². The fraction of sp³-hybridized carbons (Fsp3) is 0.350. The molecule has 7 heteroatoms. The van der Waals surface area contributed by atoms with E-state index >= 15 is 0 Å². The molecule has 0 unspecified atom stereocenters. The van der Waals surface area contributed by atoms with Crippen LogP contribution in [-0.2, 0) is 10.0 Å². The molecule has 0 radical (unpaired) electrons. The first-order chi connectivity index (χ1) is 12.5. The van der Waals surface area contributed by atoms with Crippen molar-refractivity contribution < 1.29 is 17.9 Å². The molecule has 0 saturated heterocycles. The summed E-state index contributed by atoms with van der Waals surface area (Å²) in [4.78, 5) is 12.5. The van der Waals surface area contributed by atoms with E-state index in [9.17, 15) is 13.2 Å². The first-order valence-corrected chi connectivity index (χ1v) is 10.2. The highest BCUT2D eigenvalue weighted by Crippen LogP contribution is 2.18. The van der Waals surface area contributed by atoms with Gasteiger partial charge in [-0.2, -0.15) is 0 Å². The predicted molar refractivity (Wildman–Crippen MR) is 107 cm³/mol. The first kappa shape index (κ1) is 20.9. The second-order valence-electron chi connectivity index (χ2n) is 7.52. The monoisotopic (exact) mass is 390 g/mol. The number of anilines is 1. The third-order valence-corrected chi connectivity index (χ3v) is 5.13. The molecule has 0 aliphatic heterocycles. The van der Waals surface area contributed by atoms with Gasteiger partial charge in [-0.1, -0.05) is 0 Å². The summed E-state index contributed by atoms with van der Waals surface area (Å²) in [5, 5.41) is 2.75. The van der Waals surface area contributed by atoms with E-state index in [-0.39, 0.29) is 16.9 Å². The minimum absolute atomic E-state index is 0.0623. The summed E-state index contributed by atoms with van der Waals surface area (Å²) >= 11 is 0. The number of amides is 1. The van der Waals surface area contributed by atoms with Gasteiger partial charge in [-0.15, -0.1) is 0 Å². The van der Waals surface area contributed by atoms with Crippen molar-refractivity contribution in [1.29, 1.82) is 0 Å². The lowest BCUT2D eigenvalue weighted by Gasteiger charge is -2.20. The summed E-state index contributed by atoms with van der Waals surface area (Å²) in [5.41, 5.74) is 0.423. The van der Waals surface area contributed by atoms with Gasteiger partial charge in [-0.25, -0.2) is 13.1 Å². The summed E-state index contributed by atoms with van der Waals surface area (Å²) in [6, 6.07) is 12.9. The Labute approximate surface area is 161 Å². The summed E-state index contributed by atoms with van der Waals surface area (Å²) < 4.78 is 32.7. The molecular formula is C20H26N2O4S. The number of benzene rings is 2. The maximum atomic E-state index is 12.3. The molecule has 2 rings (SSSR count). The molecule has 0 saturated carbocycles. The van der Waals surface area contributed by atoms with E-state index in [1.165, 1.54) is 12.1 Å². The first-order valence-electron chi connectivity index (χ1n) is 8.68. The van der Waals surface area contributed by atoms with Crippen LogP contribution in [0.5, 0.6) is 5.75 Å². The third-order valence-electron chi connectivity index (χ3n) is 3.35. The Morgan fingerprint density at radius 2 is 1.52 bits per heavy atom. The standard InChI is InChI=1S/C20H26N2O4S/c1-14(2)26-17-10-6-15(7-11-17)19(23)21-16-8-12-18(13-9-16)27(24,25)22-20(3,4)5/h6-14,22H,1-5H3,(H,21,23). The molecule has 6 nitrogen and oxygen atoms in total. The van der Waals surface area contributed by atoms with Crippen LogP contribution in [0.4, 0.5) is 5.69 Å². The van der Waals surface area contributed by atoms with Crippen LogP contribution in [0.2, 0.25) is 0 Å². The zero-order chi connectivity index (χ0) is 20.2. The number of hydrogen-bond acceptors (Lipinski definition) is 4. The van der Waals surface area contributed by atoms with E-state index in [0.29, 0.717) is 17.0 Å². The van der Waals surface area contributed by atoms with E-state index in [2.05, 4.69) is 10.0 Å². The molecule has 0 aliphatic rings. The molecular weight excluding hydrogens is 364 g/mol. The second kappa shape index (κ2) is 8.10. The molecule has 2 aromatic rings. The Morgan fingerprint density at radius 3 is 2.00 bits per heavy atom. The van der Waals surface area contributed by atoms with E-state index in [0.717, 1.165) is 0 Å². The molecule has 1 amide bonds. The number of carbonyl (C=O) groups is 1. The Morgan fingerprint density at radius 1 is 0.963 bits per heavy atom. The van der Waals surface area contributed by atoms with Crippen molar-refractivity contribution in [3.8, 4) is 5.75 Å². The van der Waals surface area contributed by atoms with Crippen molar-refractivity contribution in [2.75, 3.05) is 5.32 Å². The van der Waals surface area contributed by atoms with Gasteiger partial charge >= 0.3 is 0 Å². The molecule has 0 spiro atoms. The molecule has 27 heavy (non-hydrogen) atoms. The average Bonchev–Trinajstić information content (AvgIpc) is 2.53. The van der Waals surface area contributed by atoms with E-state index in [1.807, 2.05) is 13.8 Å². The van der Waals surface area contributed by atoms with Gasteiger partial charge in [-0.3, -0.25) is 4.79 Å². The van der Waals surface area contributed by atoms with Gasteiger partial charge in [0.1, 0.15) is 5.75 Å². The zero-order valence-corrected chi connectivity index (χ0v) is 17.1. The number of ether oxygens (including phenoxy) is 1. The van der Waals surface area contributed by atoms with Gasteiger partial charge in [0.15, 0.2) is 0 Å². The van der Waals surface area contributed by atoms with Crippen molar-refractivity contribution >= 4 is 21.6 Å². The average molecular weight is 391 g/mol. The highest BCUT2D eigenvalue weighted by Gasteiger charge is 2.21. The zero-order valence-electron chi connectivity index (χ0n) is 16.2. The SMILES string of the molecule is CC(C)Oc1ccc(C(=O)Nc2ccc(S(=O)(=O)NC(C)(C)C)cc2)cc1. The minimum Gasteiger partial charge on any atom is -0.491 e. The van der Waals surface area contributed by atoms with Crippen molar-refractivity contribution in [3.05, 3.63) is 54.1 Å². The van der Waals surface area contributed by atoms with Crippen molar-refractivity contribution in [2.24, 2.45) is 0 Å². The normalized spacial score (nSPS) is 12.1. The number of sulfonamides is 1. The van der Waals surface area contributed by atoms with Gasteiger partial charge in [-0.05, 0) is 83.1 Å². The van der Waals surface area contributed by atoms with E-state index in [4.69, 9.17) is 4.74 Å². The van der Waals surface area contributed by atoms with Gasteiger partial charge in [0.2, 0.25) is 10.0 Å². The van der Waals surface area contributed by atoms with Crippen molar-refractivity contribution in [1.82, 2.24) is 4.72 Å². The minimum atomic E-state index is -3.61. The molecule has 0 heterocycles. The van der Waals surface area contributed by atoms with Crippen LogP contribution >= 0.6 is 0 Å². The van der Waals surface area contributed by atoms with Crippen LogP contribution in [0.1, 0.15) is 45.0 Å². The molecule has 2 N–H and O–H groups in total. The lowest BCUT2D eigenvalue weighted by Crippen LogP contribution is -2.40. The molecule has 0 aromatic heterocycles. The van der Waals surface area contributed by atoms with Crippen LogP contribution in [0.3, 0.4) is 0 Å². The molecule has 146 valence electrons. The van der Waals surface area contributed by atoms with Crippen LogP contribution < -0.4 is 14.8 Å². The van der Waals surface area contributed by atoms with Crippen LogP contribution in [0.25, 0.3) is 0 Å². The highest BCUT2D eigenvalue weighted by molar-refractivity contribution is 7.89. The summed E-state index contributed by atoms with van der Waals surface area (Å²) in [7, 11) is -3.61. The molecule has 2 aromatic carbocycles. The summed E-state index contributed by atoms with van der Waals surface area (Å²) in [6.45, 7) is 9.19. The Hall–Kier alpha value is -2.38. The van der Waals surface area contributed by atoms with Gasteiger partial charge in [0.05, 0.1) is 11.0 Å². The van der Waals surface area contributed by atoms with Crippen molar-refractivity contribution in [2.45, 2.75) is 51.2 Å². The lowest BCUT2D eigenvalue weighted by molar-refractivity contribution is 0.102. The largest absolute Gasteiger partial charge is 0.491 e. The van der Waals surface area contributed by atoms with Gasteiger partial charge < -0.3 is 10.1 Å². The smallest absolute Gasteiger partial charge is 0.255 e. The number of nitrogens with one attached hydrogen (secondary N) is 2. The van der Waals surface area contributed by atoms with E-state index < -0.39 is 15.6 Å². The van der Waals surface area contributed by atoms with Gasteiger partial charge in [0.25, 0.3) is 5.91 Å². The Kier molecular flexibility index (Phi) is 6.28. The Bertz CT molecular complexity index is 881. The number of hydrogen-bond donors (Lipinski definition) is 2. The fourth-order valence-corrected chi connectivity index (χ4v) is 3.76. The van der Waals surface area contributed by atoms with E-state index in [1.54, 1.807) is 57.2 Å². The van der Waals surface area contributed by atoms with Crippen LogP contribution in [0, 0.1) is 0 Å². The fourth-order valence-electron chi connectivity index (χ4n) is 2.34. The maximum Gasteiger partial charge on any atom is 0.255 e. The number of carbonyl (C=O) groups excluding carboxylic acids is 1. The van der Waals surface area contributed by atoms with Gasteiger partial charge in [0, 0.05) is 16.8 Å². The quantitative estimate of drug-likeness (QED) is 0.786. The highest BCUT2D eigenvalue weighted by atomic mass is 32.2. The van der Waals surface area contributed by atoms with Crippen LogP contribution in [0.15, 0.2) is 53.4 Å². The molecule has 0 atom stereocenters. The predicted octanol–water partition coefficient (Wildman–Crippen LogP) is 3.80. The third kappa shape index (κ3) is 6.37. The van der Waals surface area contributed by atoms with Crippen molar-refractivity contribution in [3.63, 3.8) is 0 Å². The Balaban J connectivity index is 2.06. The second-order valence-corrected chi connectivity index (χ2v) is 9.21. The summed E-state index contributed by atoms with van der Waals surface area (Å²) in [6.07, 6.45) is 0.0623.